The number of likely N-dealkylation sites (tertiary alicyclic amines) is 1. The Labute approximate surface area is 193 Å². The molecule has 3 N–H and O–H groups in total. The average Bonchev–Trinajstić information content (AvgIpc) is 2.84. The van der Waals surface area contributed by atoms with E-state index in [1.54, 1.807) is 36.4 Å². The molecule has 2 aromatic rings. The van der Waals surface area contributed by atoms with Gasteiger partial charge in [0.25, 0.3) is 0 Å². The van der Waals surface area contributed by atoms with Crippen LogP contribution < -0.4 is 20.5 Å². The van der Waals surface area contributed by atoms with E-state index >= 15 is 0 Å². The van der Waals surface area contributed by atoms with Gasteiger partial charge in [-0.25, -0.2) is 4.39 Å². The van der Waals surface area contributed by atoms with E-state index in [2.05, 4.69) is 16.3 Å². The maximum atomic E-state index is 13.0. The van der Waals surface area contributed by atoms with Gasteiger partial charge >= 0.3 is 0 Å². The van der Waals surface area contributed by atoms with E-state index in [0.29, 0.717) is 35.7 Å². The van der Waals surface area contributed by atoms with Crippen molar-refractivity contribution in [2.24, 2.45) is 5.73 Å². The Bertz CT molecular complexity index is 996. The van der Waals surface area contributed by atoms with Gasteiger partial charge in [-0.3, -0.25) is 4.79 Å². The quantitative estimate of drug-likeness (QED) is 0.568. The molecule has 1 heterocycles. The topological polar surface area (TPSA) is 101 Å². The lowest BCUT2D eigenvalue weighted by Crippen LogP contribution is -2.50. The van der Waals surface area contributed by atoms with Gasteiger partial charge in [0.05, 0.1) is 24.8 Å². The number of piperidine rings is 1. The highest BCUT2D eigenvalue weighted by Gasteiger charge is 2.23. The summed E-state index contributed by atoms with van der Waals surface area (Å²) in [6.07, 6.45) is 4.82. The zero-order chi connectivity index (χ0) is 23.6. The van der Waals surface area contributed by atoms with Gasteiger partial charge in [-0.05, 0) is 61.4 Å². The summed E-state index contributed by atoms with van der Waals surface area (Å²) in [5, 5.41) is 12.0. The van der Waals surface area contributed by atoms with E-state index in [4.69, 9.17) is 20.5 Å². The molecule has 33 heavy (non-hydrogen) atoms. The molecule has 0 aromatic heterocycles. The number of hydrogen-bond acceptors (Lipinski definition) is 6. The van der Waals surface area contributed by atoms with E-state index < -0.39 is 0 Å². The number of nitrogens with one attached hydrogen (secondary N) is 1. The molecule has 1 saturated heterocycles. The number of halogens is 1. The molecule has 0 unspecified atom stereocenters. The van der Waals surface area contributed by atoms with Crippen LogP contribution in [-0.2, 0) is 4.79 Å². The van der Waals surface area contributed by atoms with Crippen LogP contribution in [0.1, 0.15) is 24.0 Å². The average molecular weight is 453 g/mol. The summed E-state index contributed by atoms with van der Waals surface area (Å²) in [5.41, 5.74) is 7.03. The summed E-state index contributed by atoms with van der Waals surface area (Å²) in [7, 11) is 1.54. The Morgan fingerprint density at radius 3 is 2.67 bits per heavy atom. The molecule has 0 bridgehead atoms. The van der Waals surface area contributed by atoms with Gasteiger partial charge in [0.1, 0.15) is 23.4 Å². The van der Waals surface area contributed by atoms with Gasteiger partial charge in [0, 0.05) is 37.8 Å². The van der Waals surface area contributed by atoms with E-state index in [1.807, 2.05) is 0 Å². The number of ether oxygens (including phenoxy) is 2. The van der Waals surface area contributed by atoms with Crippen LogP contribution in [0.5, 0.6) is 11.5 Å². The number of carbonyl (C=O) groups is 1. The second-order valence-corrected chi connectivity index (χ2v) is 7.91. The third kappa shape index (κ3) is 7.31. The molecule has 0 radical (unpaired) electrons. The smallest absolute Gasteiger partial charge is 0.244 e. The number of hydrogen-bond donors (Lipinski definition) is 2. The molecule has 7 nitrogen and oxygen atoms in total. The minimum atomic E-state index is -0.281. The molecule has 8 heteroatoms. The van der Waals surface area contributed by atoms with Gasteiger partial charge in [0.2, 0.25) is 5.91 Å². The van der Waals surface area contributed by atoms with Gasteiger partial charge in [-0.1, -0.05) is 0 Å². The van der Waals surface area contributed by atoms with E-state index in [9.17, 15) is 9.18 Å². The third-order valence-electron chi connectivity index (χ3n) is 5.53. The summed E-state index contributed by atoms with van der Waals surface area (Å²) in [6.45, 7) is 2.61. The van der Waals surface area contributed by atoms with Crippen molar-refractivity contribution < 1.29 is 18.7 Å². The number of nitrogens with zero attached hydrogens (tertiary/aromatic N) is 2. The van der Waals surface area contributed by atoms with Gasteiger partial charge < -0.3 is 25.4 Å². The number of rotatable bonds is 9. The second-order valence-electron chi connectivity index (χ2n) is 7.91. The number of methoxy groups -OCH3 is 1. The maximum absolute atomic E-state index is 13.0. The highest BCUT2D eigenvalue weighted by Crippen LogP contribution is 2.21. The molecule has 1 aliphatic rings. The highest BCUT2D eigenvalue weighted by molar-refractivity contribution is 5.92. The highest BCUT2D eigenvalue weighted by atomic mass is 19.1. The number of nitrogens with two attached hydrogens (primary N) is 1. The van der Waals surface area contributed by atoms with E-state index in [-0.39, 0.29) is 23.9 Å². The zero-order valence-electron chi connectivity index (χ0n) is 18.7. The standard InChI is InChI=1S/C25H29FN4O3/c1-32-24-8-2-18(15-27)14-19(24)3-9-25(31)29-21(16-28)17-30-12-10-23(11-13-30)33-22-6-4-20(26)5-7-22/h2-9,14,21,23H,10-13,16-17,28H2,1H3,(H,29,31)/b9-3+/t21-/m1/s1. The fourth-order valence-corrected chi connectivity index (χ4v) is 3.75. The first kappa shape index (κ1) is 24.2. The third-order valence-corrected chi connectivity index (χ3v) is 5.53. The zero-order valence-corrected chi connectivity index (χ0v) is 18.7. The fourth-order valence-electron chi connectivity index (χ4n) is 3.75. The van der Waals surface area contributed by atoms with Gasteiger partial charge in [0.15, 0.2) is 0 Å². The Kier molecular flexibility index (Phi) is 8.81. The van der Waals surface area contributed by atoms with Crippen LogP contribution in [0.2, 0.25) is 0 Å². The lowest BCUT2D eigenvalue weighted by atomic mass is 10.1. The number of benzene rings is 2. The second kappa shape index (κ2) is 12.0. The summed E-state index contributed by atoms with van der Waals surface area (Å²) < 4.78 is 24.3. The molecule has 174 valence electrons. The molecule has 1 fully saturated rings. The summed E-state index contributed by atoms with van der Waals surface area (Å²) in [4.78, 5) is 14.7. The van der Waals surface area contributed by atoms with Crippen LogP contribution in [0.15, 0.2) is 48.5 Å². The molecule has 0 aliphatic carbocycles. The normalized spacial score (nSPS) is 15.7. The van der Waals surface area contributed by atoms with Crippen LogP contribution in [0.4, 0.5) is 4.39 Å². The fraction of sp³-hybridized carbons (Fsp3) is 0.360. The van der Waals surface area contributed by atoms with Crippen molar-refractivity contribution in [3.63, 3.8) is 0 Å². The van der Waals surface area contributed by atoms with Crippen LogP contribution in [0.3, 0.4) is 0 Å². The first-order valence-electron chi connectivity index (χ1n) is 10.9. The first-order valence-corrected chi connectivity index (χ1v) is 10.9. The minimum absolute atomic E-state index is 0.0831. The van der Waals surface area contributed by atoms with E-state index in [0.717, 1.165) is 25.9 Å². The molecule has 1 amide bonds. The van der Waals surface area contributed by atoms with Crippen LogP contribution in [-0.4, -0.2) is 56.2 Å². The Balaban J connectivity index is 1.47. The number of amides is 1. The Hall–Kier alpha value is -3.41. The largest absolute Gasteiger partial charge is 0.496 e. The van der Waals surface area contributed by atoms with Crippen molar-refractivity contribution in [2.75, 3.05) is 33.3 Å². The SMILES string of the molecule is COc1ccc(C#N)cc1/C=C/C(=O)N[C@H](CN)CN1CCC(Oc2ccc(F)cc2)CC1. The minimum Gasteiger partial charge on any atom is -0.496 e. The summed E-state index contributed by atoms with van der Waals surface area (Å²) >= 11 is 0. The summed E-state index contributed by atoms with van der Waals surface area (Å²) in [5.74, 6) is 0.714. The van der Waals surface area contributed by atoms with Crippen molar-refractivity contribution in [1.29, 1.82) is 5.26 Å². The maximum Gasteiger partial charge on any atom is 0.244 e. The van der Waals surface area contributed by atoms with Crippen molar-refractivity contribution in [3.8, 4) is 17.6 Å². The van der Waals surface area contributed by atoms with Crippen molar-refractivity contribution >= 4 is 12.0 Å². The molecule has 1 atom stereocenters. The van der Waals surface area contributed by atoms with Crippen molar-refractivity contribution in [2.45, 2.75) is 25.0 Å². The molecule has 0 spiro atoms. The lowest BCUT2D eigenvalue weighted by molar-refractivity contribution is -0.117. The van der Waals surface area contributed by atoms with Crippen molar-refractivity contribution in [3.05, 3.63) is 65.5 Å². The molecule has 2 aromatic carbocycles. The number of nitriles is 1. The monoisotopic (exact) mass is 452 g/mol. The number of carbonyl (C=O) groups excluding carboxylic acids is 1. The molecular formula is C25H29FN4O3. The van der Waals surface area contributed by atoms with E-state index in [1.165, 1.54) is 25.3 Å². The van der Waals surface area contributed by atoms with Gasteiger partial charge in [-0.15, -0.1) is 0 Å². The summed E-state index contributed by atoms with van der Waals surface area (Å²) in [6, 6.07) is 13.0. The van der Waals surface area contributed by atoms with Crippen LogP contribution in [0, 0.1) is 17.1 Å². The van der Waals surface area contributed by atoms with Crippen LogP contribution >= 0.6 is 0 Å². The molecular weight excluding hydrogens is 423 g/mol. The molecule has 0 saturated carbocycles. The predicted octanol–water partition coefficient (Wildman–Crippen LogP) is 2.71. The lowest BCUT2D eigenvalue weighted by Gasteiger charge is -2.34. The van der Waals surface area contributed by atoms with Crippen LogP contribution in [0.25, 0.3) is 6.08 Å². The molecule has 1 aliphatic heterocycles. The predicted molar refractivity (Wildman–Crippen MR) is 124 cm³/mol. The molecule has 3 rings (SSSR count). The van der Waals surface area contributed by atoms with Crippen molar-refractivity contribution in [1.82, 2.24) is 10.2 Å². The Morgan fingerprint density at radius 2 is 2.03 bits per heavy atom. The van der Waals surface area contributed by atoms with Gasteiger partial charge in [-0.2, -0.15) is 5.26 Å². The first-order chi connectivity index (χ1) is 16.0. The Morgan fingerprint density at radius 1 is 1.30 bits per heavy atom.